The van der Waals surface area contributed by atoms with Gasteiger partial charge in [0.2, 0.25) is 17.6 Å². The molecule has 0 radical (unpaired) electrons. The molecule has 0 aromatic heterocycles. The first-order valence-corrected chi connectivity index (χ1v) is 12.1. The number of phenols is 1. The molecule has 216 valence electrons. The molecule has 4 rings (SSSR count). The van der Waals surface area contributed by atoms with Crippen molar-refractivity contribution in [2.75, 3.05) is 32.1 Å². The number of primary amides is 1. The molecule has 8 N–H and O–H groups in total. The SMILES string of the molecule is COCCCNCC(=O)Nc1ccc2c(c1O)C(O)=C1C(=O)C3(O)C(=O)CC(O)CC3C(C(N)=O)C1C2.Cl.Cl. The fourth-order valence-electron chi connectivity index (χ4n) is 5.84. The van der Waals surface area contributed by atoms with Crippen molar-refractivity contribution in [3.63, 3.8) is 0 Å². The number of rotatable bonds is 8. The lowest BCUT2D eigenvalue weighted by Crippen LogP contribution is -2.66. The number of nitrogens with one attached hydrogen (secondary N) is 2. The number of ketones is 2. The van der Waals surface area contributed by atoms with Crippen molar-refractivity contribution in [3.8, 4) is 5.75 Å². The molecule has 0 heterocycles. The third-order valence-electron chi connectivity index (χ3n) is 7.52. The van der Waals surface area contributed by atoms with Gasteiger partial charge in [-0.15, -0.1) is 24.8 Å². The summed E-state index contributed by atoms with van der Waals surface area (Å²) in [6, 6.07) is 2.97. The minimum Gasteiger partial charge on any atom is -0.507 e. The van der Waals surface area contributed by atoms with E-state index in [0.717, 1.165) is 0 Å². The average Bonchev–Trinajstić information content (AvgIpc) is 2.82. The number of amides is 2. The highest BCUT2D eigenvalue weighted by atomic mass is 35.5. The number of carbonyl (C=O) groups excluding carboxylic acids is 4. The lowest BCUT2D eigenvalue weighted by Gasteiger charge is -2.50. The minimum atomic E-state index is -2.63. The fourth-order valence-corrected chi connectivity index (χ4v) is 5.84. The van der Waals surface area contributed by atoms with Crippen LogP contribution in [0.3, 0.4) is 0 Å². The van der Waals surface area contributed by atoms with Crippen molar-refractivity contribution in [2.24, 2.45) is 23.5 Å². The van der Waals surface area contributed by atoms with Crippen molar-refractivity contribution < 1.29 is 44.3 Å². The first-order valence-electron chi connectivity index (χ1n) is 12.1. The maximum absolute atomic E-state index is 13.5. The summed E-state index contributed by atoms with van der Waals surface area (Å²) in [5.74, 6) is -8.03. The first kappa shape index (κ1) is 32.5. The summed E-state index contributed by atoms with van der Waals surface area (Å²) in [6.45, 7) is 1.03. The van der Waals surface area contributed by atoms with Gasteiger partial charge in [-0.2, -0.15) is 0 Å². The van der Waals surface area contributed by atoms with Crippen LogP contribution in [0.2, 0.25) is 0 Å². The van der Waals surface area contributed by atoms with E-state index >= 15 is 0 Å². The van der Waals surface area contributed by atoms with Crippen LogP contribution >= 0.6 is 24.8 Å². The number of carbonyl (C=O) groups is 4. The monoisotopic (exact) mass is 589 g/mol. The van der Waals surface area contributed by atoms with E-state index in [1.807, 2.05) is 0 Å². The van der Waals surface area contributed by atoms with Crippen LogP contribution < -0.4 is 16.4 Å². The van der Waals surface area contributed by atoms with Crippen molar-refractivity contribution in [3.05, 3.63) is 28.8 Å². The normalized spacial score (nSPS) is 27.4. The van der Waals surface area contributed by atoms with Gasteiger partial charge in [-0.05, 0) is 37.4 Å². The van der Waals surface area contributed by atoms with Crippen LogP contribution in [0.4, 0.5) is 5.69 Å². The summed E-state index contributed by atoms with van der Waals surface area (Å²) in [5, 5.41) is 48.9. The number of phenolic OH excluding ortho intramolecular Hbond substituents is 1. The summed E-state index contributed by atoms with van der Waals surface area (Å²) in [7, 11) is 1.57. The molecule has 12 nitrogen and oxygen atoms in total. The van der Waals surface area contributed by atoms with Crippen LogP contribution in [0.1, 0.15) is 30.4 Å². The summed E-state index contributed by atoms with van der Waals surface area (Å²) in [5.41, 5.74) is 2.86. The zero-order chi connectivity index (χ0) is 27.1. The molecule has 1 aromatic rings. The zero-order valence-electron chi connectivity index (χ0n) is 21.1. The number of aliphatic hydroxyl groups is 3. The predicted octanol–water partition coefficient (Wildman–Crippen LogP) is -0.00290. The highest BCUT2D eigenvalue weighted by Crippen LogP contribution is 2.53. The molecule has 0 saturated heterocycles. The third-order valence-corrected chi connectivity index (χ3v) is 7.52. The Hall–Kier alpha value is -2.74. The van der Waals surface area contributed by atoms with E-state index in [1.54, 1.807) is 7.11 Å². The Balaban J connectivity index is 0.00000267. The standard InChI is InChI=1S/C25H31N3O9.2ClH/c1-37-6-2-5-27-10-17(31)28-15-4-3-11-7-13-19(24(26)35)14-8-12(29)9-16(30)25(14,36)23(34)20(13)22(33)18(11)21(15)32;;/h3-4,12-14,19,27,29,32-33,36H,2,5-10H2,1H3,(H2,26,35)(H,28,31);2*1H. The van der Waals surface area contributed by atoms with Crippen molar-refractivity contribution in [2.45, 2.75) is 37.4 Å². The molecule has 0 bridgehead atoms. The smallest absolute Gasteiger partial charge is 0.238 e. The van der Waals surface area contributed by atoms with E-state index in [-0.39, 0.29) is 61.0 Å². The maximum Gasteiger partial charge on any atom is 0.238 e. The van der Waals surface area contributed by atoms with Gasteiger partial charge in [0.05, 0.1) is 29.8 Å². The Morgan fingerprint density at radius 2 is 1.87 bits per heavy atom. The third kappa shape index (κ3) is 5.63. The highest BCUT2D eigenvalue weighted by molar-refractivity contribution is 6.22. The summed E-state index contributed by atoms with van der Waals surface area (Å²) in [4.78, 5) is 51.1. The van der Waals surface area contributed by atoms with Crippen LogP contribution in [-0.4, -0.2) is 82.3 Å². The van der Waals surface area contributed by atoms with Gasteiger partial charge in [-0.25, -0.2) is 0 Å². The molecule has 0 aliphatic heterocycles. The number of hydrogen-bond donors (Lipinski definition) is 7. The van der Waals surface area contributed by atoms with E-state index in [0.29, 0.717) is 25.1 Å². The number of hydrogen-bond acceptors (Lipinski definition) is 10. The number of benzene rings is 1. The van der Waals surface area contributed by atoms with Gasteiger partial charge in [0, 0.05) is 37.5 Å². The molecule has 14 heteroatoms. The number of methoxy groups -OCH3 is 1. The second-order valence-electron chi connectivity index (χ2n) is 9.79. The molecule has 0 spiro atoms. The molecule has 1 aromatic carbocycles. The molecule has 2 fully saturated rings. The Morgan fingerprint density at radius 3 is 2.51 bits per heavy atom. The Kier molecular flexibility index (Phi) is 10.5. The van der Waals surface area contributed by atoms with Crippen molar-refractivity contribution in [1.29, 1.82) is 0 Å². The molecule has 2 amide bonds. The van der Waals surface area contributed by atoms with Crippen molar-refractivity contribution in [1.82, 2.24) is 5.32 Å². The lowest BCUT2D eigenvalue weighted by atomic mass is 9.53. The average molecular weight is 590 g/mol. The molecule has 3 aliphatic carbocycles. The van der Waals surface area contributed by atoms with E-state index in [4.69, 9.17) is 10.5 Å². The van der Waals surface area contributed by atoms with E-state index in [1.165, 1.54) is 12.1 Å². The summed E-state index contributed by atoms with van der Waals surface area (Å²) >= 11 is 0. The number of aromatic hydroxyl groups is 1. The van der Waals surface area contributed by atoms with Gasteiger partial charge < -0.3 is 41.5 Å². The molecule has 2 saturated carbocycles. The van der Waals surface area contributed by atoms with E-state index < -0.39 is 70.8 Å². The van der Waals surface area contributed by atoms with E-state index in [9.17, 15) is 39.6 Å². The zero-order valence-corrected chi connectivity index (χ0v) is 22.8. The molecule has 39 heavy (non-hydrogen) atoms. The van der Waals surface area contributed by atoms with Crippen LogP contribution in [0.15, 0.2) is 17.7 Å². The maximum atomic E-state index is 13.5. The number of nitrogens with two attached hydrogens (primary N) is 1. The fraction of sp³-hybridized carbons (Fsp3) is 0.520. The quantitative estimate of drug-likeness (QED) is 0.122. The van der Waals surface area contributed by atoms with Gasteiger partial charge >= 0.3 is 0 Å². The summed E-state index contributed by atoms with van der Waals surface area (Å²) in [6.07, 6.45) is -1.12. The molecular formula is C25H33Cl2N3O9. The van der Waals surface area contributed by atoms with Gasteiger partial charge in [0.15, 0.2) is 11.4 Å². The van der Waals surface area contributed by atoms with Gasteiger partial charge in [-0.1, -0.05) is 6.07 Å². The predicted molar refractivity (Wildman–Crippen MR) is 144 cm³/mol. The van der Waals surface area contributed by atoms with Gasteiger partial charge in [0.1, 0.15) is 11.5 Å². The number of anilines is 1. The topological polar surface area (TPSA) is 209 Å². The Morgan fingerprint density at radius 1 is 1.18 bits per heavy atom. The molecular weight excluding hydrogens is 557 g/mol. The van der Waals surface area contributed by atoms with Crippen LogP contribution in [-0.2, 0) is 30.3 Å². The van der Waals surface area contributed by atoms with Crippen LogP contribution in [0.5, 0.6) is 5.75 Å². The molecule has 3 aliphatic rings. The number of halogens is 2. The van der Waals surface area contributed by atoms with Crippen molar-refractivity contribution >= 4 is 59.6 Å². The van der Waals surface area contributed by atoms with Gasteiger partial charge in [-0.3, -0.25) is 19.2 Å². The number of Topliss-reactive ketones (excluding diaryl/α,β-unsaturated/α-hetero) is 2. The number of aliphatic hydroxyl groups excluding tert-OH is 2. The summed E-state index contributed by atoms with van der Waals surface area (Å²) < 4.78 is 4.94. The van der Waals surface area contributed by atoms with E-state index in [2.05, 4.69) is 10.6 Å². The van der Waals surface area contributed by atoms with Crippen LogP contribution in [0, 0.1) is 17.8 Å². The van der Waals surface area contributed by atoms with Crippen LogP contribution in [0.25, 0.3) is 5.76 Å². The minimum absolute atomic E-state index is 0. The van der Waals surface area contributed by atoms with Gasteiger partial charge in [0.25, 0.3) is 0 Å². The Labute approximate surface area is 236 Å². The number of ether oxygens (including phenoxy) is 1. The molecule has 5 atom stereocenters. The first-order chi connectivity index (χ1) is 17.5. The second-order valence-corrected chi connectivity index (χ2v) is 9.79. The lowest BCUT2D eigenvalue weighted by molar-refractivity contribution is -0.173. The second kappa shape index (κ2) is 12.6. The number of fused-ring (bicyclic) bond motifs is 3. The Bertz CT molecular complexity index is 1190. The highest BCUT2D eigenvalue weighted by Gasteiger charge is 2.65. The largest absolute Gasteiger partial charge is 0.507 e. The molecule has 5 unspecified atom stereocenters.